The zero-order chi connectivity index (χ0) is 17.9. The molecule has 0 bridgehead atoms. The second kappa shape index (κ2) is 7.32. The molecule has 1 aromatic heterocycles. The molecule has 134 valence electrons. The van der Waals surface area contributed by atoms with Crippen molar-refractivity contribution in [3.8, 4) is 11.3 Å². The van der Waals surface area contributed by atoms with E-state index in [4.69, 9.17) is 4.84 Å². The van der Waals surface area contributed by atoms with Crippen molar-refractivity contribution in [3.63, 3.8) is 0 Å². The molecule has 1 aliphatic rings. The molecule has 5 heteroatoms. The van der Waals surface area contributed by atoms with E-state index in [2.05, 4.69) is 40.0 Å². The number of H-pyrrole nitrogens is 1. The van der Waals surface area contributed by atoms with Gasteiger partial charge >= 0.3 is 0 Å². The van der Waals surface area contributed by atoms with Gasteiger partial charge in [-0.3, -0.25) is 9.63 Å². The van der Waals surface area contributed by atoms with Crippen LogP contribution in [0.1, 0.15) is 34.3 Å². The summed E-state index contributed by atoms with van der Waals surface area (Å²) in [5.41, 5.74) is 8.62. The van der Waals surface area contributed by atoms with Crippen molar-refractivity contribution in [2.45, 2.75) is 25.9 Å². The van der Waals surface area contributed by atoms with Crippen LogP contribution in [0.2, 0.25) is 0 Å². The average Bonchev–Trinajstić information content (AvgIpc) is 2.95. The smallest absolute Gasteiger partial charge is 0.275 e. The maximum Gasteiger partial charge on any atom is 0.275 e. The van der Waals surface area contributed by atoms with Crippen LogP contribution in [0.25, 0.3) is 22.2 Å². The Morgan fingerprint density at radius 3 is 2.77 bits per heavy atom. The Morgan fingerprint density at radius 2 is 1.96 bits per heavy atom. The van der Waals surface area contributed by atoms with Crippen LogP contribution in [0.3, 0.4) is 0 Å². The van der Waals surface area contributed by atoms with Crippen molar-refractivity contribution in [3.05, 3.63) is 59.2 Å². The molecule has 3 N–H and O–H groups in total. The molecule has 0 saturated heterocycles. The molecule has 1 amide bonds. The first-order chi connectivity index (χ1) is 12.8. The zero-order valence-electron chi connectivity index (χ0n) is 14.9. The van der Waals surface area contributed by atoms with E-state index in [1.54, 1.807) is 0 Å². The second-order valence-electron chi connectivity index (χ2n) is 6.68. The number of hydroxylamine groups is 1. The minimum atomic E-state index is -0.197. The lowest BCUT2D eigenvalue weighted by Crippen LogP contribution is -2.21. The largest absolute Gasteiger partial charge is 0.354 e. The fraction of sp³-hybridized carbons (Fsp3) is 0.286. The Bertz CT molecular complexity index is 928. The molecule has 0 spiro atoms. The van der Waals surface area contributed by atoms with E-state index in [9.17, 15) is 4.79 Å². The van der Waals surface area contributed by atoms with E-state index >= 15 is 0 Å². The minimum absolute atomic E-state index is 0.197. The van der Waals surface area contributed by atoms with Crippen molar-refractivity contribution in [2.24, 2.45) is 0 Å². The number of aromatic nitrogens is 1. The summed E-state index contributed by atoms with van der Waals surface area (Å²) in [5, 5.41) is 4.14. The standard InChI is InChI=1S/C21H23N3O2/c1-22-12-3-2-5-14-8-10-15(11-9-14)20-17-13-26-24-21(25)16-6-4-7-18(23-20)19(16)17/h4,6-11,22-23H,2-3,5,12-13H2,1H3,(H,24,25). The predicted molar refractivity (Wildman–Crippen MR) is 103 cm³/mol. The number of hydrogen-bond donors (Lipinski definition) is 3. The minimum Gasteiger partial charge on any atom is -0.354 e. The Kier molecular flexibility index (Phi) is 4.73. The van der Waals surface area contributed by atoms with Gasteiger partial charge in [0.15, 0.2) is 0 Å². The fourth-order valence-corrected chi connectivity index (χ4v) is 3.59. The molecular weight excluding hydrogens is 326 g/mol. The van der Waals surface area contributed by atoms with Gasteiger partial charge < -0.3 is 10.3 Å². The predicted octanol–water partition coefficient (Wildman–Crippen LogP) is 3.55. The van der Waals surface area contributed by atoms with Crippen LogP contribution in [0.4, 0.5) is 0 Å². The van der Waals surface area contributed by atoms with E-state index in [0.29, 0.717) is 12.2 Å². The maximum atomic E-state index is 12.2. The number of unbranched alkanes of at least 4 members (excludes halogenated alkanes) is 1. The quantitative estimate of drug-likeness (QED) is 0.596. The highest BCUT2D eigenvalue weighted by Crippen LogP contribution is 2.34. The van der Waals surface area contributed by atoms with E-state index in [1.807, 2.05) is 25.2 Å². The number of rotatable bonds is 6. The number of aromatic amines is 1. The highest BCUT2D eigenvalue weighted by molar-refractivity contribution is 6.09. The van der Waals surface area contributed by atoms with Crippen molar-refractivity contribution < 1.29 is 9.63 Å². The number of hydrogen-bond acceptors (Lipinski definition) is 3. The van der Waals surface area contributed by atoms with Gasteiger partial charge in [0, 0.05) is 16.5 Å². The topological polar surface area (TPSA) is 66.2 Å². The van der Waals surface area contributed by atoms with Gasteiger partial charge in [-0.05, 0) is 56.1 Å². The molecule has 0 radical (unpaired) electrons. The Labute approximate surface area is 152 Å². The summed E-state index contributed by atoms with van der Waals surface area (Å²) < 4.78 is 0. The average molecular weight is 349 g/mol. The van der Waals surface area contributed by atoms with Crippen LogP contribution >= 0.6 is 0 Å². The van der Waals surface area contributed by atoms with Gasteiger partial charge in [0.2, 0.25) is 0 Å². The number of carbonyl (C=O) groups is 1. The summed E-state index contributed by atoms with van der Waals surface area (Å²) in [4.78, 5) is 21.0. The number of amides is 1. The second-order valence-corrected chi connectivity index (χ2v) is 6.68. The van der Waals surface area contributed by atoms with Gasteiger partial charge in [0.25, 0.3) is 5.91 Å². The van der Waals surface area contributed by atoms with E-state index in [0.717, 1.165) is 40.7 Å². The van der Waals surface area contributed by atoms with Crippen molar-refractivity contribution in [1.82, 2.24) is 15.8 Å². The van der Waals surface area contributed by atoms with Crippen LogP contribution in [-0.2, 0) is 17.9 Å². The Balaban J connectivity index is 1.65. The molecule has 0 atom stereocenters. The molecule has 1 aliphatic heterocycles. The monoisotopic (exact) mass is 349 g/mol. The number of carbonyl (C=O) groups excluding carboxylic acids is 1. The number of aryl methyl sites for hydroxylation is 1. The van der Waals surface area contributed by atoms with E-state index in [-0.39, 0.29) is 5.91 Å². The lowest BCUT2D eigenvalue weighted by atomic mass is 10.0. The van der Waals surface area contributed by atoms with Gasteiger partial charge in [-0.2, -0.15) is 0 Å². The van der Waals surface area contributed by atoms with E-state index in [1.165, 1.54) is 18.4 Å². The van der Waals surface area contributed by atoms with Crippen molar-refractivity contribution in [2.75, 3.05) is 13.6 Å². The molecular formula is C21H23N3O2. The zero-order valence-corrected chi connectivity index (χ0v) is 14.9. The molecule has 2 aromatic carbocycles. The molecule has 3 aromatic rings. The Morgan fingerprint density at radius 1 is 1.12 bits per heavy atom. The molecule has 26 heavy (non-hydrogen) atoms. The first-order valence-corrected chi connectivity index (χ1v) is 9.07. The van der Waals surface area contributed by atoms with Crippen molar-refractivity contribution >= 4 is 16.8 Å². The normalized spacial score (nSPS) is 13.7. The third-order valence-corrected chi connectivity index (χ3v) is 4.94. The van der Waals surface area contributed by atoms with E-state index < -0.39 is 0 Å². The lowest BCUT2D eigenvalue weighted by molar-refractivity contribution is 0.0256. The van der Waals surface area contributed by atoms with Crippen LogP contribution in [-0.4, -0.2) is 24.5 Å². The SMILES string of the molecule is CNCCCCc1ccc(-c2[nH]c3cccc4c3c2CONC4=O)cc1. The summed E-state index contributed by atoms with van der Waals surface area (Å²) in [5.74, 6) is -0.197. The molecule has 5 nitrogen and oxygen atoms in total. The van der Waals surface area contributed by atoms with Crippen LogP contribution < -0.4 is 10.8 Å². The number of nitrogens with one attached hydrogen (secondary N) is 3. The van der Waals surface area contributed by atoms with Gasteiger partial charge in [-0.1, -0.05) is 30.3 Å². The van der Waals surface area contributed by atoms with Gasteiger partial charge in [0.1, 0.15) is 6.61 Å². The highest BCUT2D eigenvalue weighted by Gasteiger charge is 2.22. The molecule has 2 heterocycles. The van der Waals surface area contributed by atoms with Crippen molar-refractivity contribution in [1.29, 1.82) is 0 Å². The maximum absolute atomic E-state index is 12.2. The number of benzene rings is 2. The Hall–Kier alpha value is -2.63. The van der Waals surface area contributed by atoms with Crippen LogP contribution in [0.5, 0.6) is 0 Å². The molecule has 0 fully saturated rings. The molecule has 0 unspecified atom stereocenters. The first kappa shape index (κ1) is 16.8. The summed E-state index contributed by atoms with van der Waals surface area (Å²) >= 11 is 0. The van der Waals surface area contributed by atoms with Crippen LogP contribution in [0.15, 0.2) is 42.5 Å². The summed E-state index contributed by atoms with van der Waals surface area (Å²) in [7, 11) is 1.99. The highest BCUT2D eigenvalue weighted by atomic mass is 16.6. The first-order valence-electron chi connectivity index (χ1n) is 9.07. The van der Waals surface area contributed by atoms with Gasteiger partial charge in [-0.15, -0.1) is 0 Å². The fourth-order valence-electron chi connectivity index (χ4n) is 3.59. The third kappa shape index (κ3) is 3.11. The molecule has 4 rings (SSSR count). The van der Waals surface area contributed by atoms with Gasteiger partial charge in [0.05, 0.1) is 11.3 Å². The summed E-state index contributed by atoms with van der Waals surface area (Å²) in [6.45, 7) is 1.41. The molecule has 0 saturated carbocycles. The summed E-state index contributed by atoms with van der Waals surface area (Å²) in [6, 6.07) is 14.4. The third-order valence-electron chi connectivity index (χ3n) is 4.94. The summed E-state index contributed by atoms with van der Waals surface area (Å²) in [6.07, 6.45) is 3.46. The van der Waals surface area contributed by atoms with Crippen LogP contribution in [0, 0.1) is 0 Å². The molecule has 0 aliphatic carbocycles. The van der Waals surface area contributed by atoms with Gasteiger partial charge in [-0.25, -0.2) is 5.48 Å². The lowest BCUT2D eigenvalue weighted by Gasteiger charge is -2.06.